The number of aromatic hydroxyl groups is 1. The molecule has 0 atom stereocenters. The molecule has 1 N–H and O–H groups in total. The van der Waals surface area contributed by atoms with Crippen LogP contribution in [0.4, 0.5) is 0 Å². The number of esters is 1. The van der Waals surface area contributed by atoms with Gasteiger partial charge in [0.2, 0.25) is 0 Å². The summed E-state index contributed by atoms with van der Waals surface area (Å²) in [5, 5.41) is 10.0. The maximum absolute atomic E-state index is 11.3. The molecule has 2 aromatic carbocycles. The lowest BCUT2D eigenvalue weighted by Crippen LogP contribution is -2.04. The van der Waals surface area contributed by atoms with E-state index in [2.05, 4.69) is 4.74 Å². The highest BCUT2D eigenvalue weighted by Gasteiger charge is 2.10. The van der Waals surface area contributed by atoms with Gasteiger partial charge in [-0.15, -0.1) is 0 Å². The Bertz CT molecular complexity index is 576. The Balaban J connectivity index is 2.20. The lowest BCUT2D eigenvalue weighted by atomic mass is 9.96. The van der Waals surface area contributed by atoms with Crippen LogP contribution in [0.3, 0.4) is 0 Å². The number of benzene rings is 2. The van der Waals surface area contributed by atoms with Crippen LogP contribution in [0.1, 0.15) is 23.1 Å². The van der Waals surface area contributed by atoms with Gasteiger partial charge in [0.05, 0.1) is 7.11 Å². The van der Waals surface area contributed by atoms with E-state index < -0.39 is 0 Å². The Morgan fingerprint density at radius 2 is 1.85 bits per heavy atom. The number of carbonyl (C=O) groups excluding carboxylic acids is 1. The normalized spacial score (nSPS) is 10.2. The maximum atomic E-state index is 11.3. The van der Waals surface area contributed by atoms with Gasteiger partial charge in [0.15, 0.2) is 0 Å². The first-order valence-corrected chi connectivity index (χ1v) is 6.61. The van der Waals surface area contributed by atoms with E-state index in [9.17, 15) is 9.90 Å². The number of hydrogen-bond donors (Lipinski definition) is 1. The van der Waals surface area contributed by atoms with Crippen molar-refractivity contribution >= 4 is 5.97 Å². The first kappa shape index (κ1) is 14.1. The smallest absolute Gasteiger partial charge is 0.305 e. The fourth-order valence-corrected chi connectivity index (χ4v) is 2.22. The van der Waals surface area contributed by atoms with E-state index >= 15 is 0 Å². The largest absolute Gasteiger partial charge is 0.508 e. The molecule has 0 aromatic heterocycles. The molecule has 0 aliphatic rings. The lowest BCUT2D eigenvalue weighted by Gasteiger charge is -2.11. The van der Waals surface area contributed by atoms with Gasteiger partial charge in [-0.3, -0.25) is 4.79 Å². The van der Waals surface area contributed by atoms with E-state index in [1.54, 1.807) is 6.07 Å². The summed E-state index contributed by atoms with van der Waals surface area (Å²) in [4.78, 5) is 11.3. The van der Waals surface area contributed by atoms with E-state index in [-0.39, 0.29) is 18.1 Å². The molecule has 0 unspecified atom stereocenters. The molecule has 0 heterocycles. The van der Waals surface area contributed by atoms with Gasteiger partial charge in [-0.1, -0.05) is 42.5 Å². The number of hydrogen-bond acceptors (Lipinski definition) is 3. The Hall–Kier alpha value is -2.29. The van der Waals surface area contributed by atoms with Gasteiger partial charge in [0.1, 0.15) is 5.75 Å². The molecule has 0 aliphatic carbocycles. The number of ether oxygens (including phenoxy) is 1. The highest BCUT2D eigenvalue weighted by Crippen LogP contribution is 2.25. The molecule has 0 spiro atoms. The predicted octanol–water partition coefficient (Wildman–Crippen LogP) is 3.09. The Labute approximate surface area is 118 Å². The molecule has 0 aliphatic heterocycles. The summed E-state index contributed by atoms with van der Waals surface area (Å²) in [5.41, 5.74) is 3.04. The first-order valence-electron chi connectivity index (χ1n) is 6.61. The fourth-order valence-electron chi connectivity index (χ4n) is 2.22. The minimum atomic E-state index is -0.265. The second-order valence-electron chi connectivity index (χ2n) is 4.65. The molecule has 3 heteroatoms. The molecule has 0 saturated carbocycles. The van der Waals surface area contributed by atoms with Crippen molar-refractivity contribution in [1.82, 2.24) is 0 Å². The highest BCUT2D eigenvalue weighted by atomic mass is 16.5. The molecule has 3 nitrogen and oxygen atoms in total. The van der Waals surface area contributed by atoms with Crippen molar-refractivity contribution in [2.45, 2.75) is 19.3 Å². The SMILES string of the molecule is COC(=O)CCc1c(O)cccc1Cc1ccccc1. The monoisotopic (exact) mass is 270 g/mol. The molecule has 2 rings (SSSR count). The summed E-state index contributed by atoms with van der Waals surface area (Å²) in [6, 6.07) is 15.5. The van der Waals surface area contributed by atoms with Gasteiger partial charge in [-0.2, -0.15) is 0 Å². The van der Waals surface area contributed by atoms with Crippen LogP contribution in [0, 0.1) is 0 Å². The minimum Gasteiger partial charge on any atom is -0.508 e. The van der Waals surface area contributed by atoms with Crippen molar-refractivity contribution < 1.29 is 14.6 Å². The van der Waals surface area contributed by atoms with Crippen LogP contribution in [0.25, 0.3) is 0 Å². The van der Waals surface area contributed by atoms with Gasteiger partial charge < -0.3 is 9.84 Å². The first-order chi connectivity index (χ1) is 9.70. The number of rotatable bonds is 5. The van der Waals surface area contributed by atoms with Crippen LogP contribution >= 0.6 is 0 Å². The van der Waals surface area contributed by atoms with E-state index in [4.69, 9.17) is 0 Å². The van der Waals surface area contributed by atoms with E-state index in [0.717, 1.165) is 17.5 Å². The average Bonchev–Trinajstić information content (AvgIpc) is 2.47. The van der Waals surface area contributed by atoms with Crippen LogP contribution in [0.5, 0.6) is 5.75 Å². The van der Waals surface area contributed by atoms with Gasteiger partial charge in [0.25, 0.3) is 0 Å². The topological polar surface area (TPSA) is 46.5 Å². The van der Waals surface area contributed by atoms with Crippen molar-refractivity contribution in [2.75, 3.05) is 7.11 Å². The standard InChI is InChI=1S/C17H18O3/c1-20-17(19)11-10-15-14(8-5-9-16(15)18)12-13-6-3-2-4-7-13/h2-9,18H,10-12H2,1H3. The van der Waals surface area contributed by atoms with Crippen LogP contribution in [0.2, 0.25) is 0 Å². The summed E-state index contributed by atoms with van der Waals surface area (Å²) in [7, 11) is 1.37. The molecule has 0 radical (unpaired) electrons. The van der Waals surface area contributed by atoms with Gasteiger partial charge in [-0.25, -0.2) is 0 Å². The zero-order valence-corrected chi connectivity index (χ0v) is 11.5. The Morgan fingerprint density at radius 3 is 2.55 bits per heavy atom. The van der Waals surface area contributed by atoms with Crippen LogP contribution in [0.15, 0.2) is 48.5 Å². The zero-order valence-electron chi connectivity index (χ0n) is 11.5. The number of phenolic OH excluding ortho intramolecular Hbond substituents is 1. The highest BCUT2D eigenvalue weighted by molar-refractivity contribution is 5.69. The number of methoxy groups -OCH3 is 1. The summed E-state index contributed by atoms with van der Waals surface area (Å²) >= 11 is 0. The molecule has 0 amide bonds. The third-order valence-electron chi connectivity index (χ3n) is 3.29. The molecule has 20 heavy (non-hydrogen) atoms. The van der Waals surface area contributed by atoms with Crippen molar-refractivity contribution in [3.63, 3.8) is 0 Å². The predicted molar refractivity (Wildman–Crippen MR) is 77.7 cm³/mol. The van der Waals surface area contributed by atoms with Crippen LogP contribution in [-0.4, -0.2) is 18.2 Å². The summed E-state index contributed by atoms with van der Waals surface area (Å²) in [6.45, 7) is 0. The number of phenols is 1. The Morgan fingerprint density at radius 1 is 1.10 bits per heavy atom. The van der Waals surface area contributed by atoms with Crippen molar-refractivity contribution in [3.05, 3.63) is 65.2 Å². The summed E-state index contributed by atoms with van der Waals surface area (Å²) in [6.07, 6.45) is 1.50. The van der Waals surface area contributed by atoms with E-state index in [1.165, 1.54) is 12.7 Å². The third-order valence-corrected chi connectivity index (χ3v) is 3.29. The minimum absolute atomic E-state index is 0.238. The van der Waals surface area contributed by atoms with Gasteiger partial charge >= 0.3 is 5.97 Å². The number of carbonyl (C=O) groups is 1. The molecule has 0 saturated heterocycles. The third kappa shape index (κ3) is 3.60. The summed E-state index contributed by atoms with van der Waals surface area (Å²) in [5.74, 6) is -0.0266. The second kappa shape index (κ2) is 6.75. The average molecular weight is 270 g/mol. The molecule has 104 valence electrons. The molecule has 0 fully saturated rings. The molecular weight excluding hydrogens is 252 g/mol. The van der Waals surface area contributed by atoms with Crippen LogP contribution in [-0.2, 0) is 22.4 Å². The van der Waals surface area contributed by atoms with Crippen molar-refractivity contribution in [2.24, 2.45) is 0 Å². The van der Waals surface area contributed by atoms with Crippen molar-refractivity contribution in [3.8, 4) is 5.75 Å². The van der Waals surface area contributed by atoms with Gasteiger partial charge in [0, 0.05) is 6.42 Å². The van der Waals surface area contributed by atoms with Gasteiger partial charge in [-0.05, 0) is 35.6 Å². The molecule has 2 aromatic rings. The van der Waals surface area contributed by atoms with E-state index in [1.807, 2.05) is 42.5 Å². The lowest BCUT2D eigenvalue weighted by molar-refractivity contribution is -0.140. The van der Waals surface area contributed by atoms with E-state index in [0.29, 0.717) is 6.42 Å². The van der Waals surface area contributed by atoms with Crippen molar-refractivity contribution in [1.29, 1.82) is 0 Å². The quantitative estimate of drug-likeness (QED) is 0.849. The zero-order chi connectivity index (χ0) is 14.4. The fraction of sp³-hybridized carbons (Fsp3) is 0.235. The Kier molecular flexibility index (Phi) is 4.77. The van der Waals surface area contributed by atoms with Crippen LogP contribution < -0.4 is 0 Å². The maximum Gasteiger partial charge on any atom is 0.305 e. The molecule has 0 bridgehead atoms. The summed E-state index contributed by atoms with van der Waals surface area (Å²) < 4.78 is 4.65. The molecular formula is C17H18O3. The second-order valence-corrected chi connectivity index (χ2v) is 4.65.